The molecular weight excluding hydrogens is 446 g/mol. The number of ether oxygens (including phenoxy) is 3. The van der Waals surface area contributed by atoms with Gasteiger partial charge in [0.15, 0.2) is 17.3 Å². The second-order valence-corrected chi connectivity index (χ2v) is 7.59. The van der Waals surface area contributed by atoms with Crippen LogP contribution in [0.4, 0.5) is 5.69 Å². The minimum atomic E-state index is -0.210. The molecule has 1 unspecified atom stereocenters. The van der Waals surface area contributed by atoms with E-state index in [1.165, 1.54) is 0 Å². The van der Waals surface area contributed by atoms with Crippen LogP contribution in [-0.4, -0.2) is 27.1 Å². The molecular formula is C24H24BrNO4. The molecule has 0 aliphatic heterocycles. The highest BCUT2D eigenvalue weighted by Crippen LogP contribution is 2.31. The second-order valence-electron chi connectivity index (χ2n) is 6.67. The molecule has 3 aromatic rings. The third kappa shape index (κ3) is 5.33. The Labute approximate surface area is 185 Å². The summed E-state index contributed by atoms with van der Waals surface area (Å²) in [6.07, 6.45) is 0.276. The number of hydrogen-bond acceptors (Lipinski definition) is 5. The number of halogens is 1. The van der Waals surface area contributed by atoms with Crippen molar-refractivity contribution in [1.29, 1.82) is 0 Å². The van der Waals surface area contributed by atoms with Crippen LogP contribution in [0.3, 0.4) is 0 Å². The minimum absolute atomic E-state index is 0.00128. The normalized spacial score (nSPS) is 11.5. The Balaban J connectivity index is 1.87. The summed E-state index contributed by atoms with van der Waals surface area (Å²) >= 11 is 3.45. The fraction of sp³-hybridized carbons (Fsp3) is 0.208. The van der Waals surface area contributed by atoms with Gasteiger partial charge in [0.2, 0.25) is 0 Å². The third-order valence-electron chi connectivity index (χ3n) is 4.80. The number of nitrogens with one attached hydrogen (secondary N) is 1. The molecule has 0 aliphatic carbocycles. The van der Waals surface area contributed by atoms with E-state index in [9.17, 15) is 4.79 Å². The van der Waals surface area contributed by atoms with Crippen LogP contribution in [0, 0.1) is 0 Å². The van der Waals surface area contributed by atoms with Gasteiger partial charge < -0.3 is 19.5 Å². The van der Waals surface area contributed by atoms with Crippen molar-refractivity contribution in [3.63, 3.8) is 0 Å². The topological polar surface area (TPSA) is 56.8 Å². The highest BCUT2D eigenvalue weighted by Gasteiger charge is 2.19. The Morgan fingerprint density at radius 2 is 1.53 bits per heavy atom. The number of methoxy groups -OCH3 is 3. The van der Waals surface area contributed by atoms with E-state index in [2.05, 4.69) is 21.2 Å². The van der Waals surface area contributed by atoms with Crippen LogP contribution >= 0.6 is 15.9 Å². The number of rotatable bonds is 9. The molecule has 1 N–H and O–H groups in total. The molecule has 0 spiro atoms. The lowest BCUT2D eigenvalue weighted by Crippen LogP contribution is -2.16. The molecule has 30 heavy (non-hydrogen) atoms. The van der Waals surface area contributed by atoms with Crippen molar-refractivity contribution in [3.8, 4) is 17.2 Å². The summed E-state index contributed by atoms with van der Waals surface area (Å²) in [4.78, 5) is 13.1. The second kappa shape index (κ2) is 10.2. The van der Waals surface area contributed by atoms with E-state index in [0.717, 1.165) is 21.5 Å². The van der Waals surface area contributed by atoms with Crippen LogP contribution in [0.1, 0.15) is 28.4 Å². The molecule has 0 heterocycles. The fourth-order valence-corrected chi connectivity index (χ4v) is 3.41. The summed E-state index contributed by atoms with van der Waals surface area (Å²) in [5.41, 5.74) is 2.50. The minimum Gasteiger partial charge on any atom is -0.497 e. The third-order valence-corrected chi connectivity index (χ3v) is 5.33. The number of carbonyl (C=O) groups excluding carboxylic acids is 1. The summed E-state index contributed by atoms with van der Waals surface area (Å²) in [7, 11) is 4.76. The van der Waals surface area contributed by atoms with Gasteiger partial charge in [0.25, 0.3) is 0 Å². The number of hydrogen-bond donors (Lipinski definition) is 1. The van der Waals surface area contributed by atoms with Crippen molar-refractivity contribution >= 4 is 27.4 Å². The summed E-state index contributed by atoms with van der Waals surface area (Å²) in [5.74, 6) is 1.90. The van der Waals surface area contributed by atoms with E-state index in [4.69, 9.17) is 14.2 Å². The Kier molecular flexibility index (Phi) is 7.36. The first-order valence-electron chi connectivity index (χ1n) is 9.45. The zero-order valence-electron chi connectivity index (χ0n) is 17.1. The zero-order chi connectivity index (χ0) is 21.5. The van der Waals surface area contributed by atoms with E-state index in [-0.39, 0.29) is 18.2 Å². The van der Waals surface area contributed by atoms with E-state index in [1.807, 2.05) is 48.5 Å². The lowest BCUT2D eigenvalue weighted by atomic mass is 9.97. The maximum absolute atomic E-state index is 13.1. The molecule has 0 fully saturated rings. The van der Waals surface area contributed by atoms with Gasteiger partial charge in [0.05, 0.1) is 27.4 Å². The quantitative estimate of drug-likeness (QED) is 0.395. The average Bonchev–Trinajstić information content (AvgIpc) is 2.79. The van der Waals surface area contributed by atoms with Crippen molar-refractivity contribution in [3.05, 3.63) is 82.3 Å². The van der Waals surface area contributed by atoms with Gasteiger partial charge in [-0.3, -0.25) is 4.79 Å². The van der Waals surface area contributed by atoms with E-state index in [1.54, 1.807) is 39.5 Å². The highest BCUT2D eigenvalue weighted by atomic mass is 79.9. The number of anilines is 1. The zero-order valence-corrected chi connectivity index (χ0v) is 18.7. The van der Waals surface area contributed by atoms with Crippen LogP contribution in [0.15, 0.2) is 71.2 Å². The molecule has 3 rings (SSSR count). The van der Waals surface area contributed by atoms with Gasteiger partial charge in [-0.2, -0.15) is 0 Å². The molecule has 5 nitrogen and oxygen atoms in total. The monoisotopic (exact) mass is 469 g/mol. The van der Waals surface area contributed by atoms with Crippen molar-refractivity contribution < 1.29 is 19.0 Å². The van der Waals surface area contributed by atoms with Crippen LogP contribution in [0.2, 0.25) is 0 Å². The fourth-order valence-electron chi connectivity index (χ4n) is 3.15. The summed E-state index contributed by atoms with van der Waals surface area (Å²) < 4.78 is 16.9. The maximum atomic E-state index is 13.1. The Morgan fingerprint density at radius 3 is 2.13 bits per heavy atom. The SMILES string of the molecule is COc1ccc(C(CC(=O)c2ccc(OC)c(OC)c2)Nc2ccc(Br)cc2)cc1. The Bertz CT molecular complexity index is 987. The number of Topliss-reactive ketones (excluding diaryl/α,β-unsaturated/α-hetero) is 1. The first kappa shape index (κ1) is 21.7. The van der Waals surface area contributed by atoms with Crippen molar-refractivity contribution in [2.75, 3.05) is 26.6 Å². The summed E-state index contributed by atoms with van der Waals surface area (Å²) in [6.45, 7) is 0. The molecule has 0 radical (unpaired) electrons. The van der Waals surface area contributed by atoms with Crippen LogP contribution < -0.4 is 19.5 Å². The van der Waals surface area contributed by atoms with Gasteiger partial charge >= 0.3 is 0 Å². The lowest BCUT2D eigenvalue weighted by molar-refractivity contribution is 0.0976. The lowest BCUT2D eigenvalue weighted by Gasteiger charge is -2.21. The smallest absolute Gasteiger partial charge is 0.165 e. The molecule has 156 valence electrons. The van der Waals surface area contributed by atoms with E-state index < -0.39 is 0 Å². The van der Waals surface area contributed by atoms with E-state index >= 15 is 0 Å². The first-order chi connectivity index (χ1) is 14.5. The molecule has 0 saturated heterocycles. The van der Waals surface area contributed by atoms with Gasteiger partial charge in [0.1, 0.15) is 5.75 Å². The highest BCUT2D eigenvalue weighted by molar-refractivity contribution is 9.10. The summed E-state index contributed by atoms with van der Waals surface area (Å²) in [6, 6.07) is 20.6. The van der Waals surface area contributed by atoms with Gasteiger partial charge in [-0.1, -0.05) is 28.1 Å². The standard InChI is InChI=1S/C24H24BrNO4/c1-28-20-11-4-16(5-12-20)21(26-19-9-7-18(25)8-10-19)15-22(27)17-6-13-23(29-2)24(14-17)30-3/h4-14,21,26H,15H2,1-3H3. The van der Waals surface area contributed by atoms with Gasteiger partial charge in [-0.05, 0) is 60.2 Å². The van der Waals surface area contributed by atoms with Crippen molar-refractivity contribution in [1.82, 2.24) is 0 Å². The van der Waals surface area contributed by atoms with Crippen molar-refractivity contribution in [2.45, 2.75) is 12.5 Å². The average molecular weight is 470 g/mol. The first-order valence-corrected chi connectivity index (χ1v) is 10.2. The van der Waals surface area contributed by atoms with Gasteiger partial charge in [-0.25, -0.2) is 0 Å². The van der Waals surface area contributed by atoms with Gasteiger partial charge in [0, 0.05) is 22.1 Å². The number of benzene rings is 3. The van der Waals surface area contributed by atoms with E-state index in [0.29, 0.717) is 17.1 Å². The maximum Gasteiger partial charge on any atom is 0.165 e. The number of ketones is 1. The summed E-state index contributed by atoms with van der Waals surface area (Å²) in [5, 5.41) is 3.47. The van der Waals surface area contributed by atoms with Gasteiger partial charge in [-0.15, -0.1) is 0 Å². The molecule has 3 aromatic carbocycles. The predicted octanol–water partition coefficient (Wildman–Crippen LogP) is 5.90. The largest absolute Gasteiger partial charge is 0.497 e. The van der Waals surface area contributed by atoms with Crippen molar-refractivity contribution in [2.24, 2.45) is 0 Å². The molecule has 0 amide bonds. The van der Waals surface area contributed by atoms with Crippen LogP contribution in [0.25, 0.3) is 0 Å². The number of carbonyl (C=O) groups is 1. The molecule has 0 saturated carbocycles. The molecule has 0 aliphatic rings. The van der Waals surface area contributed by atoms with Crippen LogP contribution in [0.5, 0.6) is 17.2 Å². The molecule has 0 aromatic heterocycles. The molecule has 1 atom stereocenters. The predicted molar refractivity (Wildman–Crippen MR) is 122 cm³/mol. The Morgan fingerprint density at radius 1 is 0.867 bits per heavy atom. The molecule has 0 bridgehead atoms. The Hall–Kier alpha value is -2.99. The molecule has 6 heteroatoms. The van der Waals surface area contributed by atoms with Crippen LogP contribution in [-0.2, 0) is 0 Å².